The Morgan fingerprint density at radius 1 is 1.11 bits per heavy atom. The fourth-order valence-electron chi connectivity index (χ4n) is 3.22. The van der Waals surface area contributed by atoms with E-state index < -0.39 is 0 Å². The lowest BCUT2D eigenvalue weighted by molar-refractivity contribution is 0.0954. The highest BCUT2D eigenvalue weighted by atomic mass is 16.5. The zero-order valence-corrected chi connectivity index (χ0v) is 17.5. The van der Waals surface area contributed by atoms with E-state index in [4.69, 9.17) is 4.74 Å². The second-order valence-corrected chi connectivity index (χ2v) is 7.29. The molecule has 0 radical (unpaired) electrons. The van der Waals surface area contributed by atoms with Gasteiger partial charge in [0.25, 0.3) is 5.91 Å². The Labute approximate surface area is 168 Å². The minimum absolute atomic E-state index is 0.0942. The number of hydrogen-bond donors (Lipinski definition) is 3. The van der Waals surface area contributed by atoms with Crippen LogP contribution in [0.15, 0.2) is 29.3 Å². The Kier molecular flexibility index (Phi) is 9.62. The molecule has 7 nitrogen and oxygen atoms in total. The Morgan fingerprint density at radius 3 is 2.39 bits per heavy atom. The first-order valence-corrected chi connectivity index (χ1v) is 10.2. The van der Waals surface area contributed by atoms with Crippen molar-refractivity contribution in [3.63, 3.8) is 0 Å². The smallest absolute Gasteiger partial charge is 0.251 e. The van der Waals surface area contributed by atoms with Crippen LogP contribution in [0.4, 0.5) is 0 Å². The molecule has 0 bridgehead atoms. The van der Waals surface area contributed by atoms with Gasteiger partial charge >= 0.3 is 0 Å². The summed E-state index contributed by atoms with van der Waals surface area (Å²) in [6, 6.07) is 7.07. The molecule has 7 heteroatoms. The molecule has 2 rings (SSSR count). The van der Waals surface area contributed by atoms with Crippen LogP contribution in [0.2, 0.25) is 0 Å². The van der Waals surface area contributed by atoms with E-state index in [1.54, 1.807) is 38.4 Å². The maximum atomic E-state index is 12.1. The van der Waals surface area contributed by atoms with Gasteiger partial charge in [-0.3, -0.25) is 9.79 Å². The lowest BCUT2D eigenvalue weighted by atomic mass is 9.99. The van der Waals surface area contributed by atoms with Crippen LogP contribution < -0.4 is 20.7 Å². The quantitative estimate of drug-likeness (QED) is 0.340. The van der Waals surface area contributed by atoms with Gasteiger partial charge < -0.3 is 25.6 Å². The maximum absolute atomic E-state index is 12.1. The third-order valence-electron chi connectivity index (χ3n) is 5.10. The summed E-state index contributed by atoms with van der Waals surface area (Å²) in [5.74, 6) is 2.29. The van der Waals surface area contributed by atoms with Crippen molar-refractivity contribution in [1.82, 2.24) is 20.9 Å². The van der Waals surface area contributed by atoms with Gasteiger partial charge in [-0.25, -0.2) is 0 Å². The van der Waals surface area contributed by atoms with Crippen LogP contribution in [0.3, 0.4) is 0 Å². The second-order valence-electron chi connectivity index (χ2n) is 7.29. The number of likely N-dealkylation sites (tertiary alicyclic amines) is 1. The average molecular weight is 390 g/mol. The molecule has 1 heterocycles. The Morgan fingerprint density at radius 2 is 1.75 bits per heavy atom. The fourth-order valence-corrected chi connectivity index (χ4v) is 3.22. The van der Waals surface area contributed by atoms with Crippen molar-refractivity contribution in [2.45, 2.75) is 26.2 Å². The van der Waals surface area contributed by atoms with E-state index in [1.165, 1.54) is 25.9 Å². The summed E-state index contributed by atoms with van der Waals surface area (Å²) in [5.41, 5.74) is 0.621. The molecular weight excluding hydrogens is 354 g/mol. The van der Waals surface area contributed by atoms with Gasteiger partial charge in [-0.15, -0.1) is 0 Å². The molecule has 1 aromatic rings. The SMILES string of the molecule is CN=C(NCCCN1CCC(C)CC1)NCCNC(=O)c1ccc(OC)cc1. The van der Waals surface area contributed by atoms with Crippen LogP contribution in [0, 0.1) is 5.92 Å². The predicted molar refractivity (Wildman–Crippen MR) is 114 cm³/mol. The van der Waals surface area contributed by atoms with Crippen LogP contribution in [0.1, 0.15) is 36.5 Å². The monoisotopic (exact) mass is 389 g/mol. The normalized spacial score (nSPS) is 15.9. The minimum atomic E-state index is -0.0942. The molecule has 3 N–H and O–H groups in total. The van der Waals surface area contributed by atoms with Crippen molar-refractivity contribution in [3.05, 3.63) is 29.8 Å². The molecule has 0 saturated carbocycles. The third kappa shape index (κ3) is 7.76. The summed E-state index contributed by atoms with van der Waals surface area (Å²) in [6.45, 7) is 7.96. The van der Waals surface area contributed by atoms with Crippen LogP contribution in [-0.2, 0) is 0 Å². The van der Waals surface area contributed by atoms with Crippen LogP contribution in [0.5, 0.6) is 5.75 Å². The summed E-state index contributed by atoms with van der Waals surface area (Å²) in [5, 5.41) is 9.46. The lowest BCUT2D eigenvalue weighted by Gasteiger charge is -2.30. The number of hydrogen-bond acceptors (Lipinski definition) is 4. The number of aliphatic imine (C=N–C) groups is 1. The molecule has 0 aromatic heterocycles. The largest absolute Gasteiger partial charge is 0.497 e. The Hall–Kier alpha value is -2.28. The van der Waals surface area contributed by atoms with Gasteiger partial charge in [-0.1, -0.05) is 6.92 Å². The number of ether oxygens (including phenoxy) is 1. The zero-order chi connectivity index (χ0) is 20.2. The second kappa shape index (κ2) is 12.2. The number of carbonyl (C=O) groups excluding carboxylic acids is 1. The number of carbonyl (C=O) groups is 1. The summed E-state index contributed by atoms with van der Waals surface area (Å²) >= 11 is 0. The number of guanidine groups is 1. The number of nitrogens with zero attached hydrogens (tertiary/aromatic N) is 2. The van der Waals surface area contributed by atoms with E-state index >= 15 is 0 Å². The van der Waals surface area contributed by atoms with Crippen LogP contribution in [-0.4, -0.2) is 70.2 Å². The average Bonchev–Trinajstić information content (AvgIpc) is 2.73. The van der Waals surface area contributed by atoms with E-state index in [2.05, 4.69) is 32.8 Å². The number of amides is 1. The highest BCUT2D eigenvalue weighted by Crippen LogP contribution is 2.15. The maximum Gasteiger partial charge on any atom is 0.251 e. The van der Waals surface area contributed by atoms with E-state index in [0.717, 1.165) is 37.1 Å². The minimum Gasteiger partial charge on any atom is -0.497 e. The number of methoxy groups -OCH3 is 1. The molecule has 1 aromatic carbocycles. The molecule has 28 heavy (non-hydrogen) atoms. The first-order valence-electron chi connectivity index (χ1n) is 10.2. The van der Waals surface area contributed by atoms with E-state index in [-0.39, 0.29) is 5.91 Å². The molecule has 0 atom stereocenters. The third-order valence-corrected chi connectivity index (χ3v) is 5.10. The highest BCUT2D eigenvalue weighted by Gasteiger charge is 2.14. The van der Waals surface area contributed by atoms with Gasteiger partial charge in [0.15, 0.2) is 5.96 Å². The van der Waals surface area contributed by atoms with Gasteiger partial charge in [-0.2, -0.15) is 0 Å². The molecule has 1 aliphatic heterocycles. The topological polar surface area (TPSA) is 78.0 Å². The van der Waals surface area contributed by atoms with Crippen molar-refractivity contribution in [2.24, 2.45) is 10.9 Å². The van der Waals surface area contributed by atoms with Crippen molar-refractivity contribution < 1.29 is 9.53 Å². The van der Waals surface area contributed by atoms with Crippen molar-refractivity contribution in [3.8, 4) is 5.75 Å². The predicted octanol–water partition coefficient (Wildman–Crippen LogP) is 1.71. The highest BCUT2D eigenvalue weighted by molar-refractivity contribution is 5.94. The van der Waals surface area contributed by atoms with Crippen LogP contribution >= 0.6 is 0 Å². The molecule has 0 aliphatic carbocycles. The molecule has 0 spiro atoms. The van der Waals surface area contributed by atoms with Crippen molar-refractivity contribution in [1.29, 1.82) is 0 Å². The Balaban J connectivity index is 1.55. The molecule has 1 amide bonds. The van der Waals surface area contributed by atoms with E-state index in [9.17, 15) is 4.79 Å². The van der Waals surface area contributed by atoms with Gasteiger partial charge in [0.05, 0.1) is 7.11 Å². The molecule has 1 fully saturated rings. The molecular formula is C21H35N5O2. The molecule has 156 valence electrons. The lowest BCUT2D eigenvalue weighted by Crippen LogP contribution is -2.42. The summed E-state index contributed by atoms with van der Waals surface area (Å²) in [6.07, 6.45) is 3.74. The number of nitrogens with one attached hydrogen (secondary N) is 3. The van der Waals surface area contributed by atoms with Gasteiger partial charge in [0, 0.05) is 32.2 Å². The first-order chi connectivity index (χ1) is 13.6. The van der Waals surface area contributed by atoms with Gasteiger partial charge in [0.2, 0.25) is 0 Å². The molecule has 0 unspecified atom stereocenters. The van der Waals surface area contributed by atoms with Crippen molar-refractivity contribution >= 4 is 11.9 Å². The first kappa shape index (κ1) is 22.0. The number of benzene rings is 1. The molecule has 1 saturated heterocycles. The van der Waals surface area contributed by atoms with Gasteiger partial charge in [0.1, 0.15) is 5.75 Å². The fraction of sp³-hybridized carbons (Fsp3) is 0.619. The number of piperidine rings is 1. The van der Waals surface area contributed by atoms with Crippen molar-refractivity contribution in [2.75, 3.05) is 53.4 Å². The van der Waals surface area contributed by atoms with Gasteiger partial charge in [-0.05, 0) is 69.1 Å². The van der Waals surface area contributed by atoms with E-state index in [1.807, 2.05) is 0 Å². The molecule has 1 aliphatic rings. The summed E-state index contributed by atoms with van der Waals surface area (Å²) in [4.78, 5) is 18.9. The standard InChI is InChI=1S/C21H35N5O2/c1-17-9-15-26(16-10-17)14-4-11-24-21(22-2)25-13-12-23-20(27)18-5-7-19(28-3)8-6-18/h5-8,17H,4,9-16H2,1-3H3,(H,23,27)(H2,22,24,25). The van der Waals surface area contributed by atoms with Crippen LogP contribution in [0.25, 0.3) is 0 Å². The summed E-state index contributed by atoms with van der Waals surface area (Å²) < 4.78 is 5.10. The zero-order valence-electron chi connectivity index (χ0n) is 17.5. The number of rotatable bonds is 9. The summed E-state index contributed by atoms with van der Waals surface area (Å²) in [7, 11) is 3.37. The van der Waals surface area contributed by atoms with E-state index in [0.29, 0.717) is 18.7 Å². The Bertz CT molecular complexity index is 610.